The Morgan fingerprint density at radius 2 is 1.89 bits per heavy atom. The molecule has 1 aliphatic rings. The summed E-state index contributed by atoms with van der Waals surface area (Å²) in [6.45, 7) is 0.854. The standard InChI is InChI=1S/C14H19BrN2O/c15-13-7-5-12(6-8-13)14(18)17-16-10-9-11-3-1-2-4-11/h5-8,11,16H,1-4,9-10H2,(H,17,18). The molecule has 0 atom stereocenters. The molecule has 3 nitrogen and oxygen atoms in total. The molecule has 2 N–H and O–H groups in total. The van der Waals surface area contributed by atoms with Crippen molar-refractivity contribution >= 4 is 21.8 Å². The number of benzene rings is 1. The van der Waals surface area contributed by atoms with E-state index in [2.05, 4.69) is 26.8 Å². The van der Waals surface area contributed by atoms with Crippen LogP contribution in [0.2, 0.25) is 0 Å². The fourth-order valence-electron chi connectivity index (χ4n) is 2.39. The summed E-state index contributed by atoms with van der Waals surface area (Å²) >= 11 is 3.35. The van der Waals surface area contributed by atoms with Crippen molar-refractivity contribution in [2.24, 2.45) is 5.92 Å². The molecule has 0 aromatic heterocycles. The number of carbonyl (C=O) groups excluding carboxylic acids is 1. The van der Waals surface area contributed by atoms with Gasteiger partial charge in [0.25, 0.3) is 5.91 Å². The predicted octanol–water partition coefficient (Wildman–Crippen LogP) is 3.26. The molecule has 0 spiro atoms. The zero-order valence-electron chi connectivity index (χ0n) is 10.4. The van der Waals surface area contributed by atoms with Crippen molar-refractivity contribution in [3.63, 3.8) is 0 Å². The number of nitrogens with one attached hydrogen (secondary N) is 2. The smallest absolute Gasteiger partial charge is 0.265 e. The monoisotopic (exact) mass is 310 g/mol. The molecule has 1 amide bonds. The van der Waals surface area contributed by atoms with Crippen molar-refractivity contribution in [1.29, 1.82) is 0 Å². The maximum Gasteiger partial charge on any atom is 0.265 e. The van der Waals surface area contributed by atoms with Crippen LogP contribution in [-0.2, 0) is 0 Å². The van der Waals surface area contributed by atoms with E-state index < -0.39 is 0 Å². The third-order valence-electron chi connectivity index (χ3n) is 3.46. The van der Waals surface area contributed by atoms with Crippen molar-refractivity contribution in [3.8, 4) is 0 Å². The summed E-state index contributed by atoms with van der Waals surface area (Å²) in [7, 11) is 0. The average molecular weight is 311 g/mol. The van der Waals surface area contributed by atoms with Crippen LogP contribution in [0.3, 0.4) is 0 Å². The highest BCUT2D eigenvalue weighted by atomic mass is 79.9. The molecular formula is C14H19BrN2O. The van der Waals surface area contributed by atoms with E-state index in [1.807, 2.05) is 12.1 Å². The van der Waals surface area contributed by atoms with Crippen LogP contribution in [0.1, 0.15) is 42.5 Å². The van der Waals surface area contributed by atoms with Crippen molar-refractivity contribution in [3.05, 3.63) is 34.3 Å². The minimum absolute atomic E-state index is 0.0751. The highest BCUT2D eigenvalue weighted by Crippen LogP contribution is 2.26. The first kappa shape index (κ1) is 13.6. The highest BCUT2D eigenvalue weighted by molar-refractivity contribution is 9.10. The van der Waals surface area contributed by atoms with Crippen LogP contribution in [0.4, 0.5) is 0 Å². The topological polar surface area (TPSA) is 41.1 Å². The Labute approximate surface area is 116 Å². The Kier molecular flexibility index (Phi) is 5.20. The van der Waals surface area contributed by atoms with Crippen LogP contribution >= 0.6 is 15.9 Å². The molecule has 1 aromatic rings. The second kappa shape index (κ2) is 6.90. The summed E-state index contributed by atoms with van der Waals surface area (Å²) in [6.07, 6.45) is 6.59. The van der Waals surface area contributed by atoms with Gasteiger partial charge < -0.3 is 0 Å². The predicted molar refractivity (Wildman–Crippen MR) is 76.2 cm³/mol. The Balaban J connectivity index is 1.66. The highest BCUT2D eigenvalue weighted by Gasteiger charge is 2.14. The quantitative estimate of drug-likeness (QED) is 0.647. The minimum atomic E-state index is -0.0751. The van der Waals surface area contributed by atoms with Gasteiger partial charge in [-0.05, 0) is 36.6 Å². The third-order valence-corrected chi connectivity index (χ3v) is 3.99. The largest absolute Gasteiger partial charge is 0.287 e. The van der Waals surface area contributed by atoms with E-state index in [1.54, 1.807) is 12.1 Å². The first-order chi connectivity index (χ1) is 8.75. The van der Waals surface area contributed by atoms with Gasteiger partial charge in [0.1, 0.15) is 0 Å². The van der Waals surface area contributed by atoms with Gasteiger partial charge in [0, 0.05) is 16.6 Å². The van der Waals surface area contributed by atoms with Crippen LogP contribution in [0.25, 0.3) is 0 Å². The number of hydrogen-bond donors (Lipinski definition) is 2. The molecule has 1 aromatic carbocycles. The lowest BCUT2D eigenvalue weighted by Crippen LogP contribution is -2.38. The number of amides is 1. The molecule has 0 unspecified atom stereocenters. The van der Waals surface area contributed by atoms with Gasteiger partial charge in [0.2, 0.25) is 0 Å². The molecule has 0 saturated heterocycles. The van der Waals surface area contributed by atoms with Crippen LogP contribution in [0.5, 0.6) is 0 Å². The number of hydrogen-bond acceptors (Lipinski definition) is 2. The number of hydrazine groups is 1. The van der Waals surface area contributed by atoms with Gasteiger partial charge in [0.15, 0.2) is 0 Å². The molecule has 1 saturated carbocycles. The molecule has 0 heterocycles. The van der Waals surface area contributed by atoms with Crippen LogP contribution < -0.4 is 10.9 Å². The summed E-state index contributed by atoms with van der Waals surface area (Å²) in [6, 6.07) is 7.34. The van der Waals surface area contributed by atoms with Crippen molar-refractivity contribution in [1.82, 2.24) is 10.9 Å². The van der Waals surface area contributed by atoms with Crippen LogP contribution in [0, 0.1) is 5.92 Å². The molecular weight excluding hydrogens is 292 g/mol. The molecule has 1 aliphatic carbocycles. The van der Waals surface area contributed by atoms with Gasteiger partial charge in [-0.1, -0.05) is 41.6 Å². The Bertz CT molecular complexity index is 385. The van der Waals surface area contributed by atoms with Crippen LogP contribution in [-0.4, -0.2) is 12.5 Å². The summed E-state index contributed by atoms with van der Waals surface area (Å²) < 4.78 is 0.980. The minimum Gasteiger partial charge on any atom is -0.287 e. The Hall–Kier alpha value is -0.870. The molecule has 98 valence electrons. The van der Waals surface area contributed by atoms with Gasteiger partial charge in [-0.2, -0.15) is 0 Å². The van der Waals surface area contributed by atoms with E-state index >= 15 is 0 Å². The maximum absolute atomic E-state index is 11.8. The second-order valence-corrected chi connectivity index (χ2v) is 5.74. The molecule has 0 radical (unpaired) electrons. The summed E-state index contributed by atoms with van der Waals surface area (Å²) in [5.74, 6) is 0.774. The Morgan fingerprint density at radius 1 is 1.22 bits per heavy atom. The van der Waals surface area contributed by atoms with E-state index in [4.69, 9.17) is 0 Å². The van der Waals surface area contributed by atoms with Crippen molar-refractivity contribution in [2.75, 3.05) is 6.54 Å². The van der Waals surface area contributed by atoms with E-state index in [1.165, 1.54) is 25.7 Å². The summed E-state index contributed by atoms with van der Waals surface area (Å²) in [4.78, 5) is 11.8. The zero-order valence-corrected chi connectivity index (χ0v) is 12.0. The van der Waals surface area contributed by atoms with Crippen molar-refractivity contribution < 1.29 is 4.79 Å². The van der Waals surface area contributed by atoms with E-state index in [0.29, 0.717) is 5.56 Å². The number of halogens is 1. The Morgan fingerprint density at radius 3 is 2.56 bits per heavy atom. The molecule has 4 heteroatoms. The molecule has 0 bridgehead atoms. The van der Waals surface area contributed by atoms with Crippen molar-refractivity contribution in [2.45, 2.75) is 32.1 Å². The van der Waals surface area contributed by atoms with Gasteiger partial charge in [-0.15, -0.1) is 0 Å². The maximum atomic E-state index is 11.8. The lowest BCUT2D eigenvalue weighted by Gasteiger charge is -2.10. The van der Waals surface area contributed by atoms with E-state index in [-0.39, 0.29) is 5.91 Å². The number of carbonyl (C=O) groups is 1. The first-order valence-corrected chi connectivity index (χ1v) is 7.34. The third kappa shape index (κ3) is 4.10. The lowest BCUT2D eigenvalue weighted by atomic mass is 10.1. The fraction of sp³-hybridized carbons (Fsp3) is 0.500. The van der Waals surface area contributed by atoms with Gasteiger partial charge >= 0.3 is 0 Å². The molecule has 18 heavy (non-hydrogen) atoms. The van der Waals surface area contributed by atoms with Crippen LogP contribution in [0.15, 0.2) is 28.7 Å². The summed E-state index contributed by atoms with van der Waals surface area (Å²) in [5.41, 5.74) is 6.42. The fourth-order valence-corrected chi connectivity index (χ4v) is 2.66. The van der Waals surface area contributed by atoms with Gasteiger partial charge in [-0.3, -0.25) is 10.2 Å². The number of rotatable bonds is 5. The molecule has 0 aliphatic heterocycles. The average Bonchev–Trinajstić information content (AvgIpc) is 2.88. The van der Waals surface area contributed by atoms with Gasteiger partial charge in [0.05, 0.1) is 0 Å². The van der Waals surface area contributed by atoms with E-state index in [0.717, 1.165) is 23.4 Å². The van der Waals surface area contributed by atoms with Gasteiger partial charge in [-0.25, -0.2) is 5.43 Å². The first-order valence-electron chi connectivity index (χ1n) is 6.54. The second-order valence-electron chi connectivity index (χ2n) is 4.83. The SMILES string of the molecule is O=C(NNCCC1CCCC1)c1ccc(Br)cc1. The molecule has 1 fully saturated rings. The lowest BCUT2D eigenvalue weighted by molar-refractivity contribution is 0.0932. The summed E-state index contributed by atoms with van der Waals surface area (Å²) in [5, 5.41) is 0. The molecule has 2 rings (SSSR count). The zero-order chi connectivity index (χ0) is 12.8. The van der Waals surface area contributed by atoms with E-state index in [9.17, 15) is 4.79 Å². The normalized spacial score (nSPS) is 15.8.